The summed E-state index contributed by atoms with van der Waals surface area (Å²) in [5.74, 6) is 5.90. The van der Waals surface area contributed by atoms with Crippen LogP contribution < -0.4 is 16.6 Å². The Balaban J connectivity index is 1.40. The van der Waals surface area contributed by atoms with Gasteiger partial charge in [-0.05, 0) is 106 Å². The van der Waals surface area contributed by atoms with Gasteiger partial charge in [-0.15, -0.1) is 0 Å². The molecule has 0 aromatic heterocycles. The first kappa shape index (κ1) is 21.7. The van der Waals surface area contributed by atoms with Gasteiger partial charge in [-0.1, -0.05) is 6.92 Å². The number of nitrogens with two attached hydrogens (primary N) is 1. The maximum atomic E-state index is 8.76. The topological polar surface area (TPSA) is 83.2 Å². The molecule has 5 nitrogen and oxygen atoms in total. The van der Waals surface area contributed by atoms with Gasteiger partial charge in [0.1, 0.15) is 0 Å². The van der Waals surface area contributed by atoms with Gasteiger partial charge >= 0.3 is 0 Å². The average molecular weight is 405 g/mol. The van der Waals surface area contributed by atoms with Crippen molar-refractivity contribution < 1.29 is 4.74 Å². The van der Waals surface area contributed by atoms with E-state index in [1.165, 1.54) is 57.8 Å². The summed E-state index contributed by atoms with van der Waals surface area (Å²) < 4.78 is 5.48. The molecule has 0 aromatic rings. The van der Waals surface area contributed by atoms with Gasteiger partial charge in [-0.2, -0.15) is 0 Å². The summed E-state index contributed by atoms with van der Waals surface area (Å²) >= 11 is 0. The van der Waals surface area contributed by atoms with Crippen molar-refractivity contribution in [3.63, 3.8) is 0 Å². The molecule has 0 bridgehead atoms. The zero-order valence-electron chi connectivity index (χ0n) is 18.9. The van der Waals surface area contributed by atoms with E-state index in [0.29, 0.717) is 17.9 Å². The molecule has 4 rings (SSSR count). The van der Waals surface area contributed by atoms with Crippen LogP contribution in [0.1, 0.15) is 71.6 Å². The molecule has 4 aliphatic carbocycles. The fourth-order valence-electron chi connectivity index (χ4n) is 8.34. The van der Waals surface area contributed by atoms with Crippen molar-refractivity contribution >= 4 is 5.71 Å². The van der Waals surface area contributed by atoms with E-state index in [-0.39, 0.29) is 6.17 Å². The Bertz CT molecular complexity index is 581. The third-order valence-electron chi connectivity index (χ3n) is 9.49. The van der Waals surface area contributed by atoms with Gasteiger partial charge in [-0.3, -0.25) is 5.43 Å². The van der Waals surface area contributed by atoms with Gasteiger partial charge < -0.3 is 15.9 Å². The number of methoxy groups -OCH3 is 1. The van der Waals surface area contributed by atoms with Crippen LogP contribution in [0.3, 0.4) is 0 Å². The molecule has 0 spiro atoms. The monoisotopic (exact) mass is 404 g/mol. The minimum Gasteiger partial charge on any atom is -0.384 e. The first-order valence-corrected chi connectivity index (χ1v) is 12.2. The van der Waals surface area contributed by atoms with Crippen molar-refractivity contribution in [1.82, 2.24) is 10.9 Å². The van der Waals surface area contributed by atoms with Crippen molar-refractivity contribution in [2.75, 3.05) is 20.3 Å². The smallest absolute Gasteiger partial charge is 0.0650 e. The van der Waals surface area contributed by atoms with E-state index in [9.17, 15) is 0 Å². The molecule has 0 saturated heterocycles. The predicted octanol–water partition coefficient (Wildman–Crippen LogP) is 3.94. The van der Waals surface area contributed by atoms with Gasteiger partial charge in [-0.25, -0.2) is 5.43 Å². The molecule has 4 saturated carbocycles. The Hall–Kier alpha value is -0.490. The van der Waals surface area contributed by atoms with E-state index in [1.807, 2.05) is 14.0 Å². The molecule has 9 unspecified atom stereocenters. The summed E-state index contributed by atoms with van der Waals surface area (Å²) in [4.78, 5) is 0. The molecule has 0 aliphatic heterocycles. The lowest BCUT2D eigenvalue weighted by Crippen LogP contribution is -2.51. The van der Waals surface area contributed by atoms with Crippen molar-refractivity contribution in [3.05, 3.63) is 0 Å². The molecule has 5 heteroatoms. The number of hydrogen-bond acceptors (Lipinski definition) is 5. The maximum Gasteiger partial charge on any atom is 0.0650 e. The number of ether oxygens (including phenoxy) is 1. The van der Waals surface area contributed by atoms with Crippen LogP contribution >= 0.6 is 0 Å². The Morgan fingerprint density at radius 3 is 2.66 bits per heavy atom. The zero-order chi connectivity index (χ0) is 20.6. The molecular weight excluding hydrogens is 360 g/mol. The van der Waals surface area contributed by atoms with Gasteiger partial charge in [0.2, 0.25) is 0 Å². The largest absolute Gasteiger partial charge is 0.384 e. The normalized spacial score (nSPS) is 45.2. The Kier molecular flexibility index (Phi) is 6.70. The number of nitrogens with one attached hydrogen (secondary N) is 3. The molecule has 4 aliphatic rings. The lowest BCUT2D eigenvalue weighted by Gasteiger charge is -2.56. The van der Waals surface area contributed by atoms with Crippen LogP contribution in [0.5, 0.6) is 0 Å². The highest BCUT2D eigenvalue weighted by Crippen LogP contribution is 2.64. The molecule has 4 fully saturated rings. The van der Waals surface area contributed by atoms with E-state index >= 15 is 0 Å². The third kappa shape index (κ3) is 4.17. The summed E-state index contributed by atoms with van der Waals surface area (Å²) in [5, 5.41) is 8.76. The first-order valence-electron chi connectivity index (χ1n) is 12.2. The quantitative estimate of drug-likeness (QED) is 0.294. The molecule has 0 radical (unpaired) electrons. The zero-order valence-corrected chi connectivity index (χ0v) is 18.9. The average Bonchev–Trinajstić information content (AvgIpc) is 3.05. The highest BCUT2D eigenvalue weighted by molar-refractivity contribution is 5.86. The number of hydrazine groups is 1. The van der Waals surface area contributed by atoms with Crippen LogP contribution in [-0.4, -0.2) is 32.1 Å². The van der Waals surface area contributed by atoms with Crippen molar-refractivity contribution in [2.45, 2.75) is 77.8 Å². The van der Waals surface area contributed by atoms with E-state index < -0.39 is 0 Å². The molecule has 0 amide bonds. The number of fused-ring (bicyclic) bond motifs is 5. The Labute approximate surface area is 177 Å². The number of rotatable bonds is 7. The van der Waals surface area contributed by atoms with Crippen molar-refractivity contribution in [1.29, 1.82) is 5.41 Å². The van der Waals surface area contributed by atoms with E-state index in [2.05, 4.69) is 17.8 Å². The summed E-state index contributed by atoms with van der Waals surface area (Å²) in [6.07, 6.45) is 12.3. The lowest BCUT2D eigenvalue weighted by molar-refractivity contribution is -0.0661. The second kappa shape index (κ2) is 8.94. The first-order chi connectivity index (χ1) is 13.9. The Morgan fingerprint density at radius 1 is 1.10 bits per heavy atom. The molecule has 166 valence electrons. The summed E-state index contributed by atoms with van der Waals surface area (Å²) in [5.41, 5.74) is 13.2. The fourth-order valence-corrected chi connectivity index (χ4v) is 8.34. The van der Waals surface area contributed by atoms with E-state index in [0.717, 1.165) is 47.8 Å². The SMILES string of the molecule is COCC1CCC2C(CCC3C2CCC2(C)C(C(=N)CNNC(C)N)CCC32)C1. The number of hydrogen-bond donors (Lipinski definition) is 4. The minimum atomic E-state index is -0.0840. The Morgan fingerprint density at radius 2 is 1.90 bits per heavy atom. The van der Waals surface area contributed by atoms with Crippen molar-refractivity contribution in [3.8, 4) is 0 Å². The van der Waals surface area contributed by atoms with Crippen LogP contribution in [0.2, 0.25) is 0 Å². The fraction of sp³-hybridized carbons (Fsp3) is 0.958. The van der Waals surface area contributed by atoms with Crippen LogP contribution in [0.15, 0.2) is 0 Å². The van der Waals surface area contributed by atoms with E-state index in [4.69, 9.17) is 15.9 Å². The van der Waals surface area contributed by atoms with Gasteiger partial charge in [0.05, 0.1) is 6.17 Å². The summed E-state index contributed by atoms with van der Waals surface area (Å²) in [6, 6.07) is 0. The van der Waals surface area contributed by atoms with Gasteiger partial charge in [0, 0.05) is 31.9 Å². The maximum absolute atomic E-state index is 8.76. The van der Waals surface area contributed by atoms with Crippen LogP contribution in [0.25, 0.3) is 0 Å². The highest BCUT2D eigenvalue weighted by Gasteiger charge is 2.57. The van der Waals surface area contributed by atoms with Crippen LogP contribution in [-0.2, 0) is 4.74 Å². The summed E-state index contributed by atoms with van der Waals surface area (Å²) in [6.45, 7) is 6.03. The second-order valence-electron chi connectivity index (χ2n) is 11.1. The van der Waals surface area contributed by atoms with Crippen molar-refractivity contribution in [2.24, 2.45) is 52.6 Å². The molecule has 0 aromatic carbocycles. The summed E-state index contributed by atoms with van der Waals surface area (Å²) in [7, 11) is 1.86. The van der Waals surface area contributed by atoms with Crippen LogP contribution in [0.4, 0.5) is 0 Å². The third-order valence-corrected chi connectivity index (χ3v) is 9.49. The molecule has 0 heterocycles. The standard InChI is InChI=1S/C24H44N4O/c1-15(25)28-27-13-23(26)22-9-8-21-20-7-5-17-12-16(14-29-3)4-6-18(17)19(20)10-11-24(21,22)2/h15-22,26-28H,4-14,25H2,1-3H3. The van der Waals surface area contributed by atoms with Crippen LogP contribution in [0, 0.1) is 52.2 Å². The lowest BCUT2D eigenvalue weighted by atomic mass is 9.49. The highest BCUT2D eigenvalue weighted by atomic mass is 16.5. The molecule has 5 N–H and O–H groups in total. The second-order valence-corrected chi connectivity index (χ2v) is 11.1. The van der Waals surface area contributed by atoms with E-state index in [1.54, 1.807) is 0 Å². The van der Waals surface area contributed by atoms with Gasteiger partial charge in [0.25, 0.3) is 0 Å². The minimum absolute atomic E-state index is 0.0840. The molecule has 9 atom stereocenters. The molecular formula is C24H44N4O. The predicted molar refractivity (Wildman–Crippen MR) is 118 cm³/mol. The molecule has 29 heavy (non-hydrogen) atoms. The van der Waals surface area contributed by atoms with Gasteiger partial charge in [0.15, 0.2) is 0 Å².